The van der Waals surface area contributed by atoms with Gasteiger partial charge >= 0.3 is 0 Å². The number of nitrogens with zero attached hydrogens (tertiary/aromatic N) is 5. The van der Waals surface area contributed by atoms with Crippen molar-refractivity contribution in [1.29, 1.82) is 0 Å². The van der Waals surface area contributed by atoms with Gasteiger partial charge in [-0.3, -0.25) is 9.48 Å². The van der Waals surface area contributed by atoms with E-state index in [9.17, 15) is 4.79 Å². The molecule has 0 radical (unpaired) electrons. The zero-order valence-electron chi connectivity index (χ0n) is 23.8. The summed E-state index contributed by atoms with van der Waals surface area (Å²) in [5, 5.41) is 7.49. The van der Waals surface area contributed by atoms with Crippen LogP contribution in [0.2, 0.25) is 0 Å². The summed E-state index contributed by atoms with van der Waals surface area (Å²) in [5.41, 5.74) is 6.94. The fourth-order valence-electron chi connectivity index (χ4n) is 6.11. The molecule has 208 valence electrons. The highest BCUT2D eigenvalue weighted by Crippen LogP contribution is 2.40. The van der Waals surface area contributed by atoms with Gasteiger partial charge in [-0.25, -0.2) is 4.98 Å². The molecular weight excluding hydrogens is 518 g/mol. The first-order chi connectivity index (χ1) is 19.3. The van der Waals surface area contributed by atoms with Crippen molar-refractivity contribution in [2.75, 3.05) is 25.0 Å². The van der Waals surface area contributed by atoms with Crippen molar-refractivity contribution in [3.05, 3.63) is 82.0 Å². The number of ether oxygens (including phenoxy) is 1. The van der Waals surface area contributed by atoms with Gasteiger partial charge in [-0.1, -0.05) is 17.7 Å². The molecule has 2 aromatic carbocycles. The number of aryl methyl sites for hydroxylation is 3. The first-order valence-electron chi connectivity index (χ1n) is 14.1. The number of hydrogen-bond acceptors (Lipinski definition) is 6. The molecule has 2 fully saturated rings. The average molecular weight is 556 g/mol. The molecule has 1 unspecified atom stereocenters. The zero-order valence-corrected chi connectivity index (χ0v) is 24.6. The number of rotatable bonds is 8. The van der Waals surface area contributed by atoms with Gasteiger partial charge in [-0.05, 0) is 86.4 Å². The van der Waals surface area contributed by atoms with Crippen molar-refractivity contribution < 1.29 is 9.53 Å². The summed E-state index contributed by atoms with van der Waals surface area (Å²) in [6.07, 6.45) is 5.87. The van der Waals surface area contributed by atoms with Crippen molar-refractivity contribution >= 4 is 22.4 Å². The minimum absolute atomic E-state index is 0.0152. The molecule has 6 rings (SSSR count). The van der Waals surface area contributed by atoms with Crippen molar-refractivity contribution in [3.8, 4) is 17.0 Å². The van der Waals surface area contributed by atoms with Crippen LogP contribution in [0.25, 0.3) is 11.3 Å². The third-order valence-corrected chi connectivity index (χ3v) is 9.32. The third kappa shape index (κ3) is 5.50. The fraction of sp³-hybridized carbons (Fsp3) is 0.406. The van der Waals surface area contributed by atoms with Crippen LogP contribution in [0.3, 0.4) is 0 Å². The molecule has 1 aliphatic carbocycles. The number of amides is 1. The predicted octanol–water partition coefficient (Wildman–Crippen LogP) is 6.25. The van der Waals surface area contributed by atoms with Crippen LogP contribution in [-0.2, 0) is 20.2 Å². The topological polar surface area (TPSA) is 63.5 Å². The van der Waals surface area contributed by atoms with Gasteiger partial charge in [0.25, 0.3) is 5.91 Å². The van der Waals surface area contributed by atoms with E-state index in [2.05, 4.69) is 34.4 Å². The molecule has 3 heterocycles. The molecule has 1 aliphatic heterocycles. The number of aromatic nitrogens is 3. The molecular formula is C32H37N5O2S. The highest BCUT2D eigenvalue weighted by molar-refractivity contribution is 7.14. The van der Waals surface area contributed by atoms with E-state index < -0.39 is 0 Å². The second-order valence-electron chi connectivity index (χ2n) is 11.5. The van der Waals surface area contributed by atoms with Crippen molar-refractivity contribution in [1.82, 2.24) is 19.7 Å². The highest BCUT2D eigenvalue weighted by Gasteiger charge is 2.34. The van der Waals surface area contributed by atoms with Crippen LogP contribution in [-0.4, -0.2) is 45.7 Å². The van der Waals surface area contributed by atoms with Crippen LogP contribution >= 0.6 is 11.3 Å². The summed E-state index contributed by atoms with van der Waals surface area (Å²) in [7, 11) is 3.71. The van der Waals surface area contributed by atoms with Crippen LogP contribution in [0.4, 0.5) is 5.13 Å². The fourth-order valence-corrected chi connectivity index (χ4v) is 6.95. The smallest absolute Gasteiger partial charge is 0.253 e. The standard InChI is InChI=1S/C32H37N5O2S/c1-21-5-10-30(28(13-21)29-20-40-32(34-29)37-16-23-6-7-24(15-23)17-37)39-19-26-9-8-25(14-22(26)2)31(38)35(3)18-27-11-12-33-36(27)4/h5,8-14,20,23-24H,6-7,15-19H2,1-4H3/t23-,24?/m0/s1. The number of carbonyl (C=O) groups is 1. The Kier molecular flexibility index (Phi) is 7.36. The van der Waals surface area contributed by atoms with Gasteiger partial charge in [0.2, 0.25) is 0 Å². The SMILES string of the molecule is Cc1ccc(OCc2ccc(C(=O)N(C)Cc3ccnn3C)cc2C)c(-c2csc(N3CC4CC[C@@H](C4)C3)n2)c1. The Hall–Kier alpha value is -3.65. The van der Waals surface area contributed by atoms with E-state index in [1.807, 2.05) is 51.4 Å². The molecule has 7 nitrogen and oxygen atoms in total. The molecule has 1 saturated carbocycles. The Morgan fingerprint density at radius 3 is 2.62 bits per heavy atom. The van der Waals surface area contributed by atoms with Crippen molar-refractivity contribution in [2.24, 2.45) is 18.9 Å². The van der Waals surface area contributed by atoms with Crippen LogP contribution in [0.5, 0.6) is 5.75 Å². The molecule has 4 aromatic rings. The zero-order chi connectivity index (χ0) is 27.8. The summed E-state index contributed by atoms with van der Waals surface area (Å²) in [4.78, 5) is 22.4. The van der Waals surface area contributed by atoms with E-state index in [-0.39, 0.29) is 5.91 Å². The van der Waals surface area contributed by atoms with Crippen LogP contribution in [0.15, 0.2) is 54.0 Å². The van der Waals surface area contributed by atoms with E-state index in [1.165, 1.54) is 24.8 Å². The lowest BCUT2D eigenvalue weighted by atomic mass is 9.99. The monoisotopic (exact) mass is 555 g/mol. The van der Waals surface area contributed by atoms with Gasteiger partial charge in [0.1, 0.15) is 12.4 Å². The molecule has 8 heteroatoms. The molecule has 1 amide bonds. The molecule has 0 spiro atoms. The first kappa shape index (κ1) is 26.6. The number of anilines is 1. The molecule has 1 saturated heterocycles. The molecule has 2 atom stereocenters. The van der Waals surface area contributed by atoms with Crippen LogP contribution in [0, 0.1) is 25.7 Å². The highest BCUT2D eigenvalue weighted by atomic mass is 32.1. The molecule has 2 bridgehead atoms. The van der Waals surface area contributed by atoms with E-state index >= 15 is 0 Å². The maximum Gasteiger partial charge on any atom is 0.253 e. The van der Waals surface area contributed by atoms with E-state index in [0.717, 1.165) is 63.9 Å². The van der Waals surface area contributed by atoms with Crippen molar-refractivity contribution in [2.45, 2.75) is 46.3 Å². The van der Waals surface area contributed by atoms with Crippen LogP contribution in [0.1, 0.15) is 52.0 Å². The van der Waals surface area contributed by atoms with Gasteiger partial charge in [-0.2, -0.15) is 5.10 Å². The Balaban J connectivity index is 1.15. The average Bonchev–Trinajstić information content (AvgIpc) is 3.68. The maximum atomic E-state index is 13.1. The molecule has 2 aliphatic rings. The summed E-state index contributed by atoms with van der Waals surface area (Å²) < 4.78 is 8.18. The first-order valence-corrected chi connectivity index (χ1v) is 15.0. The largest absolute Gasteiger partial charge is 0.488 e. The minimum Gasteiger partial charge on any atom is -0.488 e. The van der Waals surface area contributed by atoms with Gasteiger partial charge in [-0.15, -0.1) is 11.3 Å². The predicted molar refractivity (Wildman–Crippen MR) is 160 cm³/mol. The number of fused-ring (bicyclic) bond motifs is 2. The molecule has 2 aromatic heterocycles. The quantitative estimate of drug-likeness (QED) is 0.257. The summed E-state index contributed by atoms with van der Waals surface area (Å²) in [6.45, 7) is 7.34. The maximum absolute atomic E-state index is 13.1. The lowest BCUT2D eigenvalue weighted by molar-refractivity contribution is 0.0782. The van der Waals surface area contributed by atoms with E-state index in [1.54, 1.807) is 27.1 Å². The van der Waals surface area contributed by atoms with E-state index in [0.29, 0.717) is 18.7 Å². The Morgan fingerprint density at radius 1 is 1.10 bits per heavy atom. The molecule has 40 heavy (non-hydrogen) atoms. The van der Waals surface area contributed by atoms with E-state index in [4.69, 9.17) is 9.72 Å². The van der Waals surface area contributed by atoms with Crippen LogP contribution < -0.4 is 9.64 Å². The van der Waals surface area contributed by atoms with Gasteiger partial charge in [0, 0.05) is 49.9 Å². The summed E-state index contributed by atoms with van der Waals surface area (Å²) in [5.74, 6) is 2.47. The van der Waals surface area contributed by atoms with Crippen molar-refractivity contribution in [3.63, 3.8) is 0 Å². The Morgan fingerprint density at radius 2 is 1.90 bits per heavy atom. The van der Waals surface area contributed by atoms with Gasteiger partial charge in [0.15, 0.2) is 5.13 Å². The molecule has 0 N–H and O–H groups in total. The Bertz CT molecular complexity index is 1510. The number of benzene rings is 2. The number of piperidine rings is 1. The summed E-state index contributed by atoms with van der Waals surface area (Å²) >= 11 is 1.74. The lowest BCUT2D eigenvalue weighted by Crippen LogP contribution is -2.36. The minimum atomic E-state index is -0.0152. The second kappa shape index (κ2) is 11.1. The lowest BCUT2D eigenvalue weighted by Gasteiger charge is -2.31. The van der Waals surface area contributed by atoms with Gasteiger partial charge < -0.3 is 14.5 Å². The van der Waals surface area contributed by atoms with Gasteiger partial charge in [0.05, 0.1) is 17.9 Å². The summed E-state index contributed by atoms with van der Waals surface area (Å²) in [6, 6.07) is 14.1. The number of hydrogen-bond donors (Lipinski definition) is 0. The third-order valence-electron chi connectivity index (χ3n) is 8.42. The normalized spacial score (nSPS) is 18.2. The second-order valence-corrected chi connectivity index (χ2v) is 12.3. The number of carbonyl (C=O) groups excluding carboxylic acids is 1. The Labute approximate surface area is 240 Å². The number of thiazole rings is 1.